The van der Waals surface area contributed by atoms with Gasteiger partial charge in [0.25, 0.3) is 0 Å². The van der Waals surface area contributed by atoms with Gasteiger partial charge in [0.1, 0.15) is 5.78 Å². The van der Waals surface area contributed by atoms with E-state index >= 15 is 0 Å². The van der Waals surface area contributed by atoms with Gasteiger partial charge in [-0.25, -0.2) is 4.39 Å². The predicted molar refractivity (Wildman–Crippen MR) is 55.0 cm³/mol. The fraction of sp³-hybridized carbons (Fsp3) is 0.300. The summed E-state index contributed by atoms with van der Waals surface area (Å²) in [6.45, 7) is 1.49. The summed E-state index contributed by atoms with van der Waals surface area (Å²) in [5, 5.41) is 0. The molecule has 0 heterocycles. The Morgan fingerprint density at radius 3 is 2.71 bits per heavy atom. The van der Waals surface area contributed by atoms with Crippen LogP contribution >= 0.6 is 15.9 Å². The Labute approximate surface area is 90.2 Å². The first kappa shape index (κ1) is 11.2. The smallest absolute Gasteiger partial charge is 0.179 e. The fourth-order valence-corrected chi connectivity index (χ4v) is 1.64. The lowest BCUT2D eigenvalue weighted by atomic mass is 10.1. The largest absolute Gasteiger partial charge is 0.494 e. The van der Waals surface area contributed by atoms with Crippen LogP contribution in [0.1, 0.15) is 12.5 Å². The summed E-state index contributed by atoms with van der Waals surface area (Å²) in [4.78, 5) is 10.9. The van der Waals surface area contributed by atoms with Gasteiger partial charge in [-0.3, -0.25) is 4.79 Å². The number of carbonyl (C=O) groups excluding carboxylic acids is 1. The molecule has 0 radical (unpaired) electrons. The molecule has 0 saturated heterocycles. The molecular formula is C10H10BrFO2. The minimum absolute atomic E-state index is 0.0329. The number of ether oxygens (including phenoxy) is 1. The van der Waals surface area contributed by atoms with Gasteiger partial charge in [-0.05, 0) is 40.5 Å². The summed E-state index contributed by atoms with van der Waals surface area (Å²) in [6, 6.07) is 3.11. The average Bonchev–Trinajstić information content (AvgIpc) is 2.10. The van der Waals surface area contributed by atoms with Gasteiger partial charge >= 0.3 is 0 Å². The number of rotatable bonds is 3. The van der Waals surface area contributed by atoms with E-state index in [-0.39, 0.29) is 18.0 Å². The first-order valence-electron chi connectivity index (χ1n) is 4.06. The van der Waals surface area contributed by atoms with Crippen molar-refractivity contribution in [2.24, 2.45) is 0 Å². The van der Waals surface area contributed by atoms with Crippen LogP contribution in [0.25, 0.3) is 0 Å². The highest BCUT2D eigenvalue weighted by Crippen LogP contribution is 2.27. The highest BCUT2D eigenvalue weighted by molar-refractivity contribution is 9.10. The second-order valence-corrected chi connectivity index (χ2v) is 3.83. The van der Waals surface area contributed by atoms with Crippen LogP contribution in [0.5, 0.6) is 5.75 Å². The Morgan fingerprint density at radius 1 is 1.57 bits per heavy atom. The number of Topliss-reactive ketones (excluding diaryl/α,β-unsaturated/α-hetero) is 1. The van der Waals surface area contributed by atoms with E-state index in [1.165, 1.54) is 20.1 Å². The molecule has 0 N–H and O–H groups in total. The third-order valence-corrected chi connectivity index (χ3v) is 2.30. The van der Waals surface area contributed by atoms with Gasteiger partial charge < -0.3 is 4.74 Å². The second kappa shape index (κ2) is 4.55. The number of hydrogen-bond donors (Lipinski definition) is 0. The lowest BCUT2D eigenvalue weighted by Gasteiger charge is -2.06. The van der Waals surface area contributed by atoms with Crippen molar-refractivity contribution in [3.63, 3.8) is 0 Å². The fourth-order valence-electron chi connectivity index (χ4n) is 1.16. The van der Waals surface area contributed by atoms with Gasteiger partial charge in [0.15, 0.2) is 11.6 Å². The van der Waals surface area contributed by atoms with E-state index in [0.29, 0.717) is 4.47 Å². The Kier molecular flexibility index (Phi) is 3.63. The summed E-state index contributed by atoms with van der Waals surface area (Å²) in [5.74, 6) is -0.263. The van der Waals surface area contributed by atoms with E-state index in [4.69, 9.17) is 4.74 Å². The van der Waals surface area contributed by atoms with Crippen molar-refractivity contribution in [3.8, 4) is 5.75 Å². The van der Waals surface area contributed by atoms with E-state index in [1.54, 1.807) is 6.07 Å². The van der Waals surface area contributed by atoms with Gasteiger partial charge in [-0.15, -0.1) is 0 Å². The van der Waals surface area contributed by atoms with Crippen molar-refractivity contribution in [3.05, 3.63) is 28.0 Å². The summed E-state index contributed by atoms with van der Waals surface area (Å²) in [7, 11) is 1.39. The molecule has 0 bridgehead atoms. The minimum Gasteiger partial charge on any atom is -0.494 e. The third-order valence-electron chi connectivity index (χ3n) is 1.73. The Hall–Kier alpha value is -0.900. The maximum atomic E-state index is 13.3. The highest BCUT2D eigenvalue weighted by atomic mass is 79.9. The van der Waals surface area contributed by atoms with Crippen LogP contribution in [0.2, 0.25) is 0 Å². The second-order valence-electron chi connectivity index (χ2n) is 2.97. The molecule has 76 valence electrons. The van der Waals surface area contributed by atoms with Crippen LogP contribution in [0.15, 0.2) is 16.6 Å². The van der Waals surface area contributed by atoms with Gasteiger partial charge in [-0.1, -0.05) is 0 Å². The summed E-state index contributed by atoms with van der Waals surface area (Å²) in [6.07, 6.45) is 0.287. The summed E-state index contributed by atoms with van der Waals surface area (Å²) in [5.41, 5.74) is 0.739. The predicted octanol–water partition coefficient (Wildman–Crippen LogP) is 2.73. The number of benzene rings is 1. The molecule has 1 aromatic carbocycles. The Morgan fingerprint density at radius 2 is 2.21 bits per heavy atom. The van der Waals surface area contributed by atoms with E-state index in [9.17, 15) is 9.18 Å². The van der Waals surface area contributed by atoms with Crippen LogP contribution in [-0.4, -0.2) is 12.9 Å². The quantitative estimate of drug-likeness (QED) is 0.836. The van der Waals surface area contributed by atoms with Gasteiger partial charge in [0, 0.05) is 6.42 Å². The van der Waals surface area contributed by atoms with Gasteiger partial charge in [-0.2, -0.15) is 0 Å². The van der Waals surface area contributed by atoms with Crippen LogP contribution in [-0.2, 0) is 11.2 Å². The SMILES string of the molecule is COc1cc(CC(C)=O)cc(Br)c1F. The first-order chi connectivity index (χ1) is 6.54. The molecule has 0 aliphatic heterocycles. The van der Waals surface area contributed by atoms with Crippen LogP contribution in [0.3, 0.4) is 0 Å². The van der Waals surface area contributed by atoms with Crippen molar-refractivity contribution < 1.29 is 13.9 Å². The van der Waals surface area contributed by atoms with Crippen molar-refractivity contribution in [1.29, 1.82) is 0 Å². The van der Waals surface area contributed by atoms with Crippen molar-refractivity contribution in [2.75, 3.05) is 7.11 Å². The van der Waals surface area contributed by atoms with Crippen LogP contribution in [0.4, 0.5) is 4.39 Å². The maximum Gasteiger partial charge on any atom is 0.179 e. The molecule has 1 aromatic rings. The van der Waals surface area contributed by atoms with E-state index in [2.05, 4.69) is 15.9 Å². The topological polar surface area (TPSA) is 26.3 Å². The lowest BCUT2D eigenvalue weighted by Crippen LogP contribution is -1.98. The Balaban J connectivity index is 3.09. The van der Waals surface area contributed by atoms with Crippen LogP contribution in [0, 0.1) is 5.82 Å². The van der Waals surface area contributed by atoms with Crippen molar-refractivity contribution in [1.82, 2.24) is 0 Å². The number of carbonyl (C=O) groups is 1. The van der Waals surface area contributed by atoms with E-state index < -0.39 is 5.82 Å². The molecule has 0 amide bonds. The van der Waals surface area contributed by atoms with E-state index in [0.717, 1.165) is 5.56 Å². The monoisotopic (exact) mass is 260 g/mol. The molecule has 0 saturated carbocycles. The molecule has 0 aromatic heterocycles. The first-order valence-corrected chi connectivity index (χ1v) is 4.85. The molecule has 0 unspecified atom stereocenters. The zero-order chi connectivity index (χ0) is 10.7. The molecule has 0 atom stereocenters. The molecular weight excluding hydrogens is 251 g/mol. The van der Waals surface area contributed by atoms with Crippen molar-refractivity contribution in [2.45, 2.75) is 13.3 Å². The maximum absolute atomic E-state index is 13.3. The van der Waals surface area contributed by atoms with Gasteiger partial charge in [0.05, 0.1) is 11.6 Å². The number of ketones is 1. The summed E-state index contributed by atoms with van der Waals surface area (Å²) >= 11 is 3.06. The molecule has 0 fully saturated rings. The molecule has 14 heavy (non-hydrogen) atoms. The molecule has 1 rings (SSSR count). The van der Waals surface area contributed by atoms with Crippen molar-refractivity contribution >= 4 is 21.7 Å². The number of hydrogen-bond acceptors (Lipinski definition) is 2. The zero-order valence-electron chi connectivity index (χ0n) is 7.93. The number of halogens is 2. The zero-order valence-corrected chi connectivity index (χ0v) is 9.52. The Bertz CT molecular complexity index is 363. The van der Waals surface area contributed by atoms with E-state index in [1.807, 2.05) is 0 Å². The average molecular weight is 261 g/mol. The molecule has 4 heteroatoms. The molecule has 2 nitrogen and oxygen atoms in total. The molecule has 0 spiro atoms. The molecule has 0 aliphatic carbocycles. The van der Waals surface area contributed by atoms with Gasteiger partial charge in [0.2, 0.25) is 0 Å². The summed E-state index contributed by atoms with van der Waals surface area (Å²) < 4.78 is 18.4. The minimum atomic E-state index is -0.445. The standard InChI is InChI=1S/C10H10BrFO2/c1-6(13)3-7-4-8(11)10(12)9(5-7)14-2/h4-5H,3H2,1-2H3. The normalized spacial score (nSPS) is 10.0. The lowest BCUT2D eigenvalue weighted by molar-refractivity contribution is -0.116. The molecule has 0 aliphatic rings. The van der Waals surface area contributed by atoms with Crippen LogP contribution < -0.4 is 4.74 Å². The third kappa shape index (κ3) is 2.54. The number of methoxy groups -OCH3 is 1. The highest BCUT2D eigenvalue weighted by Gasteiger charge is 2.10.